The molecule has 2 aliphatic heterocycles. The quantitative estimate of drug-likeness (QED) is 0.345. The number of allylic oxidation sites excluding steroid dienone is 1. The van der Waals surface area contributed by atoms with Crippen LogP contribution in [0.2, 0.25) is 10.0 Å². The Morgan fingerprint density at radius 3 is 2.13 bits per heavy atom. The van der Waals surface area contributed by atoms with Crippen molar-refractivity contribution in [3.05, 3.63) is 72.9 Å². The van der Waals surface area contributed by atoms with E-state index in [1.165, 1.54) is 11.3 Å². The number of rotatable bonds is 9. The van der Waals surface area contributed by atoms with Gasteiger partial charge in [0.1, 0.15) is 5.78 Å². The molecule has 3 unspecified atom stereocenters. The number of carboxylic acids is 2. The lowest BCUT2D eigenvalue weighted by atomic mass is 9.79. The first kappa shape index (κ1) is 31.7. The van der Waals surface area contributed by atoms with Gasteiger partial charge in [0.15, 0.2) is 0 Å². The van der Waals surface area contributed by atoms with Gasteiger partial charge in [-0.1, -0.05) is 29.3 Å². The van der Waals surface area contributed by atoms with Crippen molar-refractivity contribution < 1.29 is 29.4 Å². The largest absolute Gasteiger partial charge is 0.478 e. The van der Waals surface area contributed by atoms with Gasteiger partial charge in [0.2, 0.25) is 5.91 Å². The first-order chi connectivity index (χ1) is 21.6. The molecular weight excluding hydrogens is 639 g/mol. The van der Waals surface area contributed by atoms with Crippen LogP contribution < -0.4 is 5.32 Å². The second-order valence-corrected chi connectivity index (χ2v) is 14.0. The Balaban J connectivity index is 1.25. The maximum atomic E-state index is 13.7. The van der Waals surface area contributed by atoms with E-state index in [-0.39, 0.29) is 51.2 Å². The Labute approximate surface area is 274 Å². The first-order valence-electron chi connectivity index (χ1n) is 15.2. The summed E-state index contributed by atoms with van der Waals surface area (Å²) >= 11 is 14.5. The summed E-state index contributed by atoms with van der Waals surface area (Å²) in [5.41, 5.74) is 0.154. The number of ketones is 1. The fourth-order valence-corrected chi connectivity index (χ4v) is 8.82. The number of Topliss-reactive ketones (excluding diaryl/α,β-unsaturated/α-hetero) is 1. The molecule has 2 aliphatic carbocycles. The number of nitrogens with one attached hydrogen (secondary N) is 1. The highest BCUT2D eigenvalue weighted by molar-refractivity contribution is 7.09. The lowest BCUT2D eigenvalue weighted by Crippen LogP contribution is -2.52. The summed E-state index contributed by atoms with van der Waals surface area (Å²) in [5, 5.41) is 26.9. The zero-order chi connectivity index (χ0) is 31.8. The van der Waals surface area contributed by atoms with Crippen LogP contribution in [0.25, 0.3) is 0 Å². The van der Waals surface area contributed by atoms with Gasteiger partial charge in [0, 0.05) is 90.1 Å². The molecule has 1 amide bonds. The number of carboxylic acid groups (broad SMARTS) is 2. The summed E-state index contributed by atoms with van der Waals surface area (Å²) in [4.78, 5) is 59.7. The summed E-state index contributed by atoms with van der Waals surface area (Å²) in [6.07, 6.45) is 5.50. The van der Waals surface area contributed by atoms with Crippen molar-refractivity contribution >= 4 is 58.2 Å². The summed E-state index contributed by atoms with van der Waals surface area (Å²) in [6, 6.07) is 5.11. The molecule has 10 nitrogen and oxygen atoms in total. The maximum absolute atomic E-state index is 13.7. The van der Waals surface area contributed by atoms with Crippen LogP contribution in [-0.4, -0.2) is 80.8 Å². The number of fused-ring (bicyclic) bond motifs is 1. The average Bonchev–Trinajstić information content (AvgIpc) is 3.73. The molecule has 0 spiro atoms. The lowest BCUT2D eigenvalue weighted by Gasteiger charge is -2.39. The van der Waals surface area contributed by atoms with E-state index in [9.17, 15) is 29.4 Å². The Hall–Kier alpha value is -3.25. The van der Waals surface area contributed by atoms with Crippen LogP contribution >= 0.6 is 34.5 Å². The number of hydrogen-bond donors (Lipinski definition) is 3. The highest BCUT2D eigenvalue weighted by Gasteiger charge is 2.44. The van der Waals surface area contributed by atoms with Crippen LogP contribution in [0.3, 0.4) is 0 Å². The lowest BCUT2D eigenvalue weighted by molar-refractivity contribution is -0.133. The number of carbonyl (C=O) groups is 4. The van der Waals surface area contributed by atoms with Crippen molar-refractivity contribution in [2.75, 3.05) is 26.2 Å². The van der Waals surface area contributed by atoms with E-state index < -0.39 is 17.9 Å². The molecule has 1 saturated heterocycles. The summed E-state index contributed by atoms with van der Waals surface area (Å²) in [5.74, 6) is -2.88. The van der Waals surface area contributed by atoms with E-state index in [2.05, 4.69) is 15.2 Å². The van der Waals surface area contributed by atoms with Crippen molar-refractivity contribution in [1.29, 1.82) is 0 Å². The molecule has 4 aliphatic rings. The molecule has 2 saturated carbocycles. The van der Waals surface area contributed by atoms with Crippen molar-refractivity contribution in [2.24, 2.45) is 11.8 Å². The zero-order valence-corrected chi connectivity index (χ0v) is 26.8. The van der Waals surface area contributed by atoms with Crippen LogP contribution in [0.1, 0.15) is 55.0 Å². The van der Waals surface area contributed by atoms with E-state index >= 15 is 0 Å². The molecule has 45 heavy (non-hydrogen) atoms. The zero-order valence-electron chi connectivity index (χ0n) is 24.5. The first-order valence-corrected chi connectivity index (χ1v) is 16.8. The smallest absolute Gasteiger partial charge is 0.334 e. The van der Waals surface area contributed by atoms with E-state index in [1.807, 2.05) is 5.38 Å². The van der Waals surface area contributed by atoms with Gasteiger partial charge in [-0.2, -0.15) is 0 Å². The van der Waals surface area contributed by atoms with E-state index in [1.54, 1.807) is 29.3 Å². The van der Waals surface area contributed by atoms with Crippen LogP contribution in [0.4, 0.5) is 0 Å². The number of amides is 1. The molecular formula is C32H34Cl2N4O6S. The number of aryl methyl sites for hydroxylation is 1. The van der Waals surface area contributed by atoms with Gasteiger partial charge in [0.05, 0.1) is 28.5 Å². The molecule has 238 valence electrons. The molecule has 3 atom stereocenters. The third kappa shape index (κ3) is 6.54. The van der Waals surface area contributed by atoms with Gasteiger partial charge in [0.25, 0.3) is 0 Å². The van der Waals surface area contributed by atoms with Crippen molar-refractivity contribution in [3.8, 4) is 0 Å². The second-order valence-electron chi connectivity index (χ2n) is 12.2. The third-order valence-corrected chi connectivity index (χ3v) is 11.2. The van der Waals surface area contributed by atoms with Crippen molar-refractivity contribution in [2.45, 2.75) is 56.9 Å². The van der Waals surface area contributed by atoms with Gasteiger partial charge in [-0.05, 0) is 43.2 Å². The minimum atomic E-state index is -1.36. The number of benzene rings is 1. The van der Waals surface area contributed by atoms with Crippen LogP contribution in [0, 0.1) is 11.8 Å². The topological polar surface area (TPSA) is 140 Å². The Bertz CT molecular complexity index is 1550. The number of aliphatic carboxylic acids is 2. The predicted molar refractivity (Wildman–Crippen MR) is 169 cm³/mol. The molecule has 0 bridgehead atoms. The van der Waals surface area contributed by atoms with Gasteiger partial charge >= 0.3 is 11.9 Å². The molecule has 0 radical (unpaired) electrons. The van der Waals surface area contributed by atoms with E-state index in [0.717, 1.165) is 17.8 Å². The summed E-state index contributed by atoms with van der Waals surface area (Å²) < 4.78 is 0. The minimum Gasteiger partial charge on any atom is -0.478 e. The number of carbonyl (C=O) groups excluding carboxylic acids is 2. The summed E-state index contributed by atoms with van der Waals surface area (Å²) in [7, 11) is 0. The van der Waals surface area contributed by atoms with Crippen molar-refractivity contribution in [1.82, 2.24) is 20.1 Å². The number of aromatic nitrogens is 1. The molecule has 2 aromatic rings. The van der Waals surface area contributed by atoms with Crippen molar-refractivity contribution in [3.63, 3.8) is 0 Å². The maximum Gasteiger partial charge on any atom is 0.334 e. The Morgan fingerprint density at radius 2 is 1.56 bits per heavy atom. The average molecular weight is 674 g/mol. The Morgan fingerprint density at radius 1 is 0.933 bits per heavy atom. The van der Waals surface area contributed by atoms with Gasteiger partial charge in [-0.3, -0.25) is 14.5 Å². The number of hydrogen-bond acceptors (Lipinski definition) is 8. The monoisotopic (exact) mass is 672 g/mol. The molecule has 1 aromatic carbocycles. The number of piperazine rings is 1. The van der Waals surface area contributed by atoms with Gasteiger partial charge in [-0.15, -0.1) is 11.3 Å². The number of thiazole rings is 1. The Kier molecular flexibility index (Phi) is 9.33. The normalized spacial score (nSPS) is 25.5. The molecule has 1 aromatic heterocycles. The molecule has 3 fully saturated rings. The molecule has 13 heteroatoms. The van der Waals surface area contributed by atoms with Gasteiger partial charge < -0.3 is 20.4 Å². The predicted octanol–water partition coefficient (Wildman–Crippen LogP) is 4.74. The third-order valence-electron chi connectivity index (χ3n) is 9.66. The molecule has 3 N–H and O–H groups in total. The fourth-order valence-electron chi connectivity index (χ4n) is 7.58. The number of halogens is 2. The molecule has 6 rings (SSSR count). The van der Waals surface area contributed by atoms with Gasteiger partial charge in [-0.25, -0.2) is 14.6 Å². The van der Waals surface area contributed by atoms with Crippen LogP contribution in [-0.2, 0) is 25.6 Å². The SMILES string of the molecule is O=C1CC2CC(N3CCN(C(=O)CC4=C(C(=O)O)C(c5c(Cl)cccc5Cl)C(C(=O)O)=C(CCc5nccs5)N4)CC3)CC2C1. The van der Waals surface area contributed by atoms with E-state index in [0.29, 0.717) is 74.8 Å². The number of dihydropyridines is 1. The second kappa shape index (κ2) is 13.2. The highest BCUT2D eigenvalue weighted by atomic mass is 35.5. The molecule has 3 heterocycles. The highest BCUT2D eigenvalue weighted by Crippen LogP contribution is 2.46. The minimum absolute atomic E-state index is 0.128. The summed E-state index contributed by atoms with van der Waals surface area (Å²) in [6.45, 7) is 2.43. The fraction of sp³-hybridized carbons (Fsp3) is 0.469. The van der Waals surface area contributed by atoms with Crippen LogP contribution in [0.15, 0.2) is 52.3 Å². The number of nitrogens with zero attached hydrogens (tertiary/aromatic N) is 3. The van der Waals surface area contributed by atoms with Crippen LogP contribution in [0.5, 0.6) is 0 Å². The standard InChI is InChI=1S/C32H34Cl2N4O6S/c33-21-2-1-3-22(34)27(21)30-28(31(41)42)23(4-5-25-35-6-11-45-25)36-24(29(30)32(43)44)16-26(40)38-9-7-37(8-10-38)19-12-17-14-20(39)15-18(17)13-19/h1-3,6,11,17-19,30,36H,4-5,7-10,12-16H2,(H,41,42)(H,43,44). The van der Waals surface area contributed by atoms with E-state index in [4.69, 9.17) is 23.2 Å².